The maximum Gasteiger partial charge on any atom is 0.154 e. The van der Waals surface area contributed by atoms with Crippen LogP contribution in [-0.4, -0.2) is 14.8 Å². The predicted molar refractivity (Wildman–Crippen MR) is 63.1 cm³/mol. The zero-order valence-electron chi connectivity index (χ0n) is 9.54. The first-order valence-corrected chi connectivity index (χ1v) is 5.41. The monoisotopic (exact) mass is 216 g/mol. The van der Waals surface area contributed by atoms with Gasteiger partial charge in [0.25, 0.3) is 0 Å². The number of nitrogens with zero attached hydrogens (tertiary/aromatic N) is 3. The Morgan fingerprint density at radius 3 is 2.50 bits per heavy atom. The lowest BCUT2D eigenvalue weighted by atomic mass is 10.0. The number of hydrogen-bond donors (Lipinski definition) is 1. The van der Waals surface area contributed by atoms with E-state index in [0.717, 1.165) is 11.5 Å². The summed E-state index contributed by atoms with van der Waals surface area (Å²) >= 11 is 0. The Kier molecular flexibility index (Phi) is 3.01. The fourth-order valence-corrected chi connectivity index (χ4v) is 1.56. The quantitative estimate of drug-likeness (QED) is 0.852. The molecule has 0 saturated carbocycles. The Hall–Kier alpha value is -1.68. The topological polar surface area (TPSA) is 56.7 Å². The molecule has 0 unspecified atom stereocenters. The summed E-state index contributed by atoms with van der Waals surface area (Å²) < 4.78 is 1.94. The summed E-state index contributed by atoms with van der Waals surface area (Å²) in [4.78, 5) is 0. The van der Waals surface area contributed by atoms with Crippen LogP contribution in [0.2, 0.25) is 0 Å². The Morgan fingerprint density at radius 2 is 1.88 bits per heavy atom. The summed E-state index contributed by atoms with van der Waals surface area (Å²) in [7, 11) is 0. The van der Waals surface area contributed by atoms with Gasteiger partial charge >= 0.3 is 0 Å². The van der Waals surface area contributed by atoms with Crippen molar-refractivity contribution in [3.05, 3.63) is 42.5 Å². The lowest BCUT2D eigenvalue weighted by Gasteiger charge is -2.15. The van der Waals surface area contributed by atoms with Crippen LogP contribution in [0.1, 0.15) is 25.7 Å². The van der Waals surface area contributed by atoms with Crippen molar-refractivity contribution in [3.8, 4) is 5.69 Å². The molecule has 0 aliphatic carbocycles. The van der Waals surface area contributed by atoms with Gasteiger partial charge in [0.15, 0.2) is 5.82 Å². The second-order valence-electron chi connectivity index (χ2n) is 4.16. The number of aromatic nitrogens is 3. The van der Waals surface area contributed by atoms with Crippen LogP contribution >= 0.6 is 0 Å². The summed E-state index contributed by atoms with van der Waals surface area (Å²) in [6.07, 6.45) is 1.70. The second kappa shape index (κ2) is 4.45. The summed E-state index contributed by atoms with van der Waals surface area (Å²) in [6.45, 7) is 4.16. The summed E-state index contributed by atoms with van der Waals surface area (Å²) in [6, 6.07) is 9.89. The van der Waals surface area contributed by atoms with Crippen LogP contribution < -0.4 is 5.73 Å². The fraction of sp³-hybridized carbons (Fsp3) is 0.333. The lowest BCUT2D eigenvalue weighted by molar-refractivity contribution is 0.483. The third kappa shape index (κ3) is 1.97. The molecule has 2 rings (SSSR count). The van der Waals surface area contributed by atoms with Crippen LogP contribution in [-0.2, 0) is 0 Å². The smallest absolute Gasteiger partial charge is 0.154 e. The van der Waals surface area contributed by atoms with E-state index in [-0.39, 0.29) is 6.04 Å². The van der Waals surface area contributed by atoms with Gasteiger partial charge in [-0.2, -0.15) is 0 Å². The van der Waals surface area contributed by atoms with Gasteiger partial charge in [-0.15, -0.1) is 10.2 Å². The zero-order chi connectivity index (χ0) is 11.5. The van der Waals surface area contributed by atoms with E-state index in [2.05, 4.69) is 24.0 Å². The average Bonchev–Trinajstić information content (AvgIpc) is 2.77. The van der Waals surface area contributed by atoms with Gasteiger partial charge in [-0.25, -0.2) is 0 Å². The molecule has 0 saturated heterocycles. The minimum absolute atomic E-state index is 0.0947. The first-order valence-electron chi connectivity index (χ1n) is 5.41. The molecular formula is C12H16N4. The minimum Gasteiger partial charge on any atom is -0.321 e. The van der Waals surface area contributed by atoms with Gasteiger partial charge in [-0.05, 0) is 18.1 Å². The largest absolute Gasteiger partial charge is 0.321 e. The molecule has 0 amide bonds. The molecule has 1 aromatic carbocycles. The standard InChI is InChI=1S/C12H16N4/c1-9(2)11(13)12-15-14-8-16(12)10-6-4-3-5-7-10/h3-9,11H,13H2,1-2H3/t11-/m0/s1. The van der Waals surface area contributed by atoms with Gasteiger partial charge in [0, 0.05) is 5.69 Å². The summed E-state index contributed by atoms with van der Waals surface area (Å²) in [5.41, 5.74) is 7.14. The van der Waals surface area contributed by atoms with Gasteiger partial charge in [0.05, 0.1) is 6.04 Å². The summed E-state index contributed by atoms with van der Waals surface area (Å²) in [5, 5.41) is 8.04. The van der Waals surface area contributed by atoms with Crippen molar-refractivity contribution >= 4 is 0 Å². The third-order valence-corrected chi connectivity index (χ3v) is 2.62. The van der Waals surface area contributed by atoms with Gasteiger partial charge in [0.1, 0.15) is 6.33 Å². The number of benzene rings is 1. The molecule has 2 aromatic rings. The van der Waals surface area contributed by atoms with Crippen LogP contribution in [0, 0.1) is 5.92 Å². The van der Waals surface area contributed by atoms with E-state index in [1.165, 1.54) is 0 Å². The molecule has 4 heteroatoms. The van der Waals surface area contributed by atoms with E-state index in [0.29, 0.717) is 5.92 Å². The highest BCUT2D eigenvalue weighted by atomic mass is 15.3. The van der Waals surface area contributed by atoms with Crippen molar-refractivity contribution in [1.82, 2.24) is 14.8 Å². The maximum absolute atomic E-state index is 6.10. The molecule has 16 heavy (non-hydrogen) atoms. The van der Waals surface area contributed by atoms with Gasteiger partial charge < -0.3 is 5.73 Å². The molecule has 0 fully saturated rings. The second-order valence-corrected chi connectivity index (χ2v) is 4.16. The molecule has 0 radical (unpaired) electrons. The average molecular weight is 216 g/mol. The van der Waals surface area contributed by atoms with Crippen molar-refractivity contribution < 1.29 is 0 Å². The normalized spacial score (nSPS) is 13.0. The van der Waals surface area contributed by atoms with E-state index in [4.69, 9.17) is 5.73 Å². The van der Waals surface area contributed by atoms with E-state index >= 15 is 0 Å². The Morgan fingerprint density at radius 1 is 1.19 bits per heavy atom. The number of nitrogens with two attached hydrogens (primary N) is 1. The van der Waals surface area contributed by atoms with E-state index in [9.17, 15) is 0 Å². The van der Waals surface area contributed by atoms with E-state index in [1.807, 2.05) is 34.9 Å². The Balaban J connectivity index is 2.40. The number of para-hydroxylation sites is 1. The predicted octanol–water partition coefficient (Wildman–Crippen LogP) is 1.92. The van der Waals surface area contributed by atoms with Crippen molar-refractivity contribution in [2.75, 3.05) is 0 Å². The van der Waals surface area contributed by atoms with Crippen molar-refractivity contribution in [2.45, 2.75) is 19.9 Å². The molecule has 1 heterocycles. The minimum atomic E-state index is -0.0947. The Bertz CT molecular complexity index is 447. The molecule has 2 N–H and O–H groups in total. The Labute approximate surface area is 95.1 Å². The highest BCUT2D eigenvalue weighted by molar-refractivity contribution is 5.32. The van der Waals surface area contributed by atoms with Gasteiger partial charge in [0.2, 0.25) is 0 Å². The lowest BCUT2D eigenvalue weighted by Crippen LogP contribution is -2.21. The highest BCUT2D eigenvalue weighted by Crippen LogP contribution is 2.19. The van der Waals surface area contributed by atoms with E-state index in [1.54, 1.807) is 6.33 Å². The van der Waals surface area contributed by atoms with Crippen molar-refractivity contribution in [1.29, 1.82) is 0 Å². The maximum atomic E-state index is 6.10. The highest BCUT2D eigenvalue weighted by Gasteiger charge is 2.17. The molecular weight excluding hydrogens is 200 g/mol. The molecule has 1 atom stereocenters. The van der Waals surface area contributed by atoms with Gasteiger partial charge in [-0.3, -0.25) is 4.57 Å². The molecule has 0 bridgehead atoms. The third-order valence-electron chi connectivity index (χ3n) is 2.62. The van der Waals surface area contributed by atoms with Crippen LogP contribution in [0.3, 0.4) is 0 Å². The van der Waals surface area contributed by atoms with Gasteiger partial charge in [-0.1, -0.05) is 32.0 Å². The van der Waals surface area contributed by atoms with Crippen LogP contribution in [0.4, 0.5) is 0 Å². The molecule has 84 valence electrons. The molecule has 0 aliphatic rings. The van der Waals surface area contributed by atoms with Crippen molar-refractivity contribution in [3.63, 3.8) is 0 Å². The molecule has 1 aromatic heterocycles. The SMILES string of the molecule is CC(C)[C@H](N)c1nncn1-c1ccccc1. The first kappa shape index (κ1) is 10.8. The number of rotatable bonds is 3. The van der Waals surface area contributed by atoms with Crippen molar-refractivity contribution in [2.24, 2.45) is 11.7 Å². The molecule has 4 nitrogen and oxygen atoms in total. The zero-order valence-corrected chi connectivity index (χ0v) is 9.54. The van der Waals surface area contributed by atoms with Crippen LogP contribution in [0.15, 0.2) is 36.7 Å². The molecule has 0 spiro atoms. The van der Waals surface area contributed by atoms with Crippen LogP contribution in [0.5, 0.6) is 0 Å². The first-order chi connectivity index (χ1) is 7.70. The molecule has 0 aliphatic heterocycles. The fourth-order valence-electron chi connectivity index (χ4n) is 1.56. The number of hydrogen-bond acceptors (Lipinski definition) is 3. The van der Waals surface area contributed by atoms with Crippen LogP contribution in [0.25, 0.3) is 5.69 Å². The summed E-state index contributed by atoms with van der Waals surface area (Å²) in [5.74, 6) is 1.15. The van der Waals surface area contributed by atoms with E-state index < -0.39 is 0 Å².